The van der Waals surface area contributed by atoms with Gasteiger partial charge in [0.1, 0.15) is 11.3 Å². The molecule has 1 N–H and O–H groups in total. The van der Waals surface area contributed by atoms with Gasteiger partial charge in [0.2, 0.25) is 0 Å². The van der Waals surface area contributed by atoms with Crippen molar-refractivity contribution in [1.82, 2.24) is 19.4 Å². The molecule has 0 atom stereocenters. The normalized spacial score (nSPS) is 15.9. The molecule has 1 fully saturated rings. The van der Waals surface area contributed by atoms with Crippen LogP contribution in [0.25, 0.3) is 16.6 Å². The topological polar surface area (TPSA) is 88.9 Å². The van der Waals surface area contributed by atoms with Crippen LogP contribution in [-0.4, -0.2) is 45.7 Å². The Morgan fingerprint density at radius 3 is 2.70 bits per heavy atom. The Bertz CT molecular complexity index is 1000. The van der Waals surface area contributed by atoms with E-state index in [4.69, 9.17) is 4.74 Å². The first-order valence-electron chi connectivity index (χ1n) is 9.47. The smallest absolute Gasteiger partial charge is 0.274 e. The fourth-order valence-electron chi connectivity index (χ4n) is 3.74. The van der Waals surface area contributed by atoms with Gasteiger partial charge < -0.3 is 20.1 Å². The molecule has 1 aliphatic rings. The number of hydrogen-bond acceptors (Lipinski definition) is 6. The van der Waals surface area contributed by atoms with Gasteiger partial charge in [0, 0.05) is 24.7 Å². The number of ether oxygens (including phenoxy) is 1. The lowest BCUT2D eigenvalue weighted by atomic mass is 10.0. The van der Waals surface area contributed by atoms with Gasteiger partial charge in [-0.05, 0) is 31.0 Å². The maximum atomic E-state index is 12.8. The first kappa shape index (κ1) is 18.0. The van der Waals surface area contributed by atoms with Gasteiger partial charge in [0.15, 0.2) is 0 Å². The number of fused-ring (bicyclic) bond motifs is 3. The number of H-pyrrole nitrogens is 1. The summed E-state index contributed by atoms with van der Waals surface area (Å²) in [5.74, 6) is 1.12. The lowest BCUT2D eigenvalue weighted by Gasteiger charge is -2.43. The monoisotopic (exact) mass is 370 g/mol. The average Bonchev–Trinajstić information content (AvgIpc) is 3.15. The van der Waals surface area contributed by atoms with E-state index in [1.807, 2.05) is 10.5 Å². The minimum absolute atomic E-state index is 0.174. The summed E-state index contributed by atoms with van der Waals surface area (Å²) in [4.78, 5) is 19.9. The minimum Gasteiger partial charge on any atom is -0.743 e. The predicted octanol–water partition coefficient (Wildman–Crippen LogP) is 2.63. The molecule has 0 radical (unpaired) electrons. The SMILES string of the molecule is CCC(CC)c1ncc2c(=O)[nH]c3ccc(N([O-])N4CCOCC4)cc3n12. The van der Waals surface area contributed by atoms with Gasteiger partial charge in [-0.25, -0.2) is 9.99 Å². The van der Waals surface area contributed by atoms with Crippen molar-refractivity contribution in [1.29, 1.82) is 0 Å². The van der Waals surface area contributed by atoms with E-state index in [1.165, 1.54) is 0 Å². The molecule has 1 saturated heterocycles. The van der Waals surface area contributed by atoms with Crippen LogP contribution >= 0.6 is 0 Å². The van der Waals surface area contributed by atoms with Crippen molar-refractivity contribution in [2.45, 2.75) is 32.6 Å². The molecule has 3 aromatic rings. The molecule has 144 valence electrons. The summed E-state index contributed by atoms with van der Waals surface area (Å²) >= 11 is 0. The first-order chi connectivity index (χ1) is 13.1. The lowest BCUT2D eigenvalue weighted by Crippen LogP contribution is -2.46. The van der Waals surface area contributed by atoms with Crippen LogP contribution in [-0.2, 0) is 4.74 Å². The van der Waals surface area contributed by atoms with Gasteiger partial charge in [-0.1, -0.05) is 13.8 Å². The Labute approximate surface area is 156 Å². The number of benzene rings is 1. The number of nitrogens with zero attached hydrogens (tertiary/aromatic N) is 4. The van der Waals surface area contributed by atoms with Crippen LogP contribution in [0.3, 0.4) is 0 Å². The van der Waals surface area contributed by atoms with Crippen molar-refractivity contribution in [2.75, 3.05) is 31.5 Å². The molecule has 0 bridgehead atoms. The second kappa shape index (κ2) is 7.30. The molecule has 4 rings (SSSR count). The summed E-state index contributed by atoms with van der Waals surface area (Å²) in [6, 6.07) is 5.35. The minimum atomic E-state index is -0.174. The van der Waals surface area contributed by atoms with Crippen molar-refractivity contribution < 1.29 is 4.74 Å². The van der Waals surface area contributed by atoms with Gasteiger partial charge >= 0.3 is 0 Å². The van der Waals surface area contributed by atoms with E-state index in [1.54, 1.807) is 23.3 Å². The number of nitrogens with one attached hydrogen (secondary N) is 1. The number of rotatable bonds is 5. The predicted molar refractivity (Wildman–Crippen MR) is 105 cm³/mol. The molecule has 1 aromatic carbocycles. The van der Waals surface area contributed by atoms with Gasteiger partial charge in [-0.15, -0.1) is 0 Å². The zero-order valence-corrected chi connectivity index (χ0v) is 15.6. The van der Waals surface area contributed by atoms with E-state index in [9.17, 15) is 10.0 Å². The number of aromatic amines is 1. The summed E-state index contributed by atoms with van der Waals surface area (Å²) in [6.07, 6.45) is 3.49. The summed E-state index contributed by atoms with van der Waals surface area (Å²) < 4.78 is 7.23. The van der Waals surface area contributed by atoms with Gasteiger partial charge in [-0.3, -0.25) is 9.20 Å². The quantitative estimate of drug-likeness (QED) is 0.695. The van der Waals surface area contributed by atoms with E-state index in [2.05, 4.69) is 23.8 Å². The van der Waals surface area contributed by atoms with Crippen molar-refractivity contribution in [3.8, 4) is 0 Å². The molecule has 27 heavy (non-hydrogen) atoms. The number of hydrogen-bond donors (Lipinski definition) is 1. The molecular weight excluding hydrogens is 346 g/mol. The third-order valence-electron chi connectivity index (χ3n) is 5.31. The number of morpholine rings is 1. The van der Waals surface area contributed by atoms with E-state index in [-0.39, 0.29) is 11.5 Å². The van der Waals surface area contributed by atoms with Crippen LogP contribution in [0.1, 0.15) is 38.4 Å². The van der Waals surface area contributed by atoms with E-state index < -0.39 is 0 Å². The van der Waals surface area contributed by atoms with Crippen molar-refractivity contribution in [2.24, 2.45) is 0 Å². The molecule has 3 heterocycles. The van der Waals surface area contributed by atoms with Crippen LogP contribution in [0.15, 0.2) is 29.2 Å². The summed E-state index contributed by atoms with van der Waals surface area (Å²) in [5, 5.41) is 15.5. The molecule has 8 heteroatoms. The largest absolute Gasteiger partial charge is 0.743 e. The highest BCUT2D eigenvalue weighted by atomic mass is 16.6. The Morgan fingerprint density at radius 2 is 2.00 bits per heavy atom. The number of imidazole rings is 1. The third kappa shape index (κ3) is 3.09. The standard InChI is InChI=1S/C19H24N5O3/c1-3-13(4-2)18-20-12-17-19(25)21-15-6-5-14(11-16(15)23(17)18)24(26)22-7-9-27-10-8-22/h5-6,11-13H,3-4,7-10H2,1-2H3,(H,21,25)/q-1. The zero-order valence-electron chi connectivity index (χ0n) is 15.6. The van der Waals surface area contributed by atoms with Gasteiger partial charge in [0.25, 0.3) is 5.56 Å². The highest BCUT2D eigenvalue weighted by molar-refractivity contribution is 5.82. The highest BCUT2D eigenvalue weighted by Crippen LogP contribution is 2.27. The van der Waals surface area contributed by atoms with Crippen LogP contribution in [0.5, 0.6) is 0 Å². The zero-order chi connectivity index (χ0) is 19.0. The van der Waals surface area contributed by atoms with Gasteiger partial charge in [0.05, 0.1) is 30.4 Å². The second-order valence-corrected chi connectivity index (χ2v) is 6.85. The van der Waals surface area contributed by atoms with E-state index >= 15 is 0 Å². The third-order valence-corrected chi connectivity index (χ3v) is 5.31. The highest BCUT2D eigenvalue weighted by Gasteiger charge is 2.18. The van der Waals surface area contributed by atoms with Crippen molar-refractivity contribution in [3.63, 3.8) is 0 Å². The number of aromatic nitrogens is 3. The van der Waals surface area contributed by atoms with Crippen LogP contribution in [0.4, 0.5) is 5.69 Å². The first-order valence-corrected chi connectivity index (χ1v) is 9.47. The molecule has 1 aliphatic heterocycles. The van der Waals surface area contributed by atoms with Crippen LogP contribution < -0.4 is 10.7 Å². The summed E-state index contributed by atoms with van der Waals surface area (Å²) in [6.45, 7) is 6.45. The molecule has 0 unspecified atom stereocenters. The Kier molecular flexibility index (Phi) is 4.86. The van der Waals surface area contributed by atoms with Crippen LogP contribution in [0.2, 0.25) is 0 Å². The summed E-state index contributed by atoms with van der Waals surface area (Å²) in [5.41, 5.74) is 2.34. The molecular formula is C19H24N5O3-. The molecule has 0 spiro atoms. The molecule has 8 nitrogen and oxygen atoms in total. The molecule has 0 saturated carbocycles. The molecule has 2 aromatic heterocycles. The van der Waals surface area contributed by atoms with Crippen molar-refractivity contribution in [3.05, 3.63) is 45.8 Å². The van der Waals surface area contributed by atoms with E-state index in [0.29, 0.717) is 43.0 Å². The second-order valence-electron chi connectivity index (χ2n) is 6.85. The summed E-state index contributed by atoms with van der Waals surface area (Å²) in [7, 11) is 0. The number of anilines is 1. The Balaban J connectivity index is 1.88. The average molecular weight is 370 g/mol. The fourth-order valence-corrected chi connectivity index (χ4v) is 3.74. The van der Waals surface area contributed by atoms with Crippen molar-refractivity contribution >= 4 is 22.2 Å². The Morgan fingerprint density at radius 1 is 1.26 bits per heavy atom. The van der Waals surface area contributed by atoms with Crippen LogP contribution in [0, 0.1) is 5.21 Å². The van der Waals surface area contributed by atoms with Gasteiger partial charge in [-0.2, -0.15) is 0 Å². The lowest BCUT2D eigenvalue weighted by molar-refractivity contribution is 0.0371. The maximum absolute atomic E-state index is 12.8. The fraction of sp³-hybridized carbons (Fsp3) is 0.474. The molecule has 0 amide bonds. The maximum Gasteiger partial charge on any atom is 0.274 e. The van der Waals surface area contributed by atoms with E-state index in [0.717, 1.165) is 29.4 Å². The number of hydrazine groups is 1. The Hall–Kier alpha value is -2.42. The molecule has 0 aliphatic carbocycles.